The van der Waals surface area contributed by atoms with Gasteiger partial charge in [-0.25, -0.2) is 9.59 Å². The molecule has 0 heterocycles. The Morgan fingerprint density at radius 2 is 1.78 bits per heavy atom. The number of aliphatic hydroxyl groups excluding tert-OH is 1. The van der Waals surface area contributed by atoms with Crippen LogP contribution in [0.4, 0.5) is 4.79 Å². The third-order valence-electron chi connectivity index (χ3n) is 2.06. The normalized spacial score (nSPS) is 15.1. The molecule has 0 radical (unpaired) electrons. The van der Waals surface area contributed by atoms with Crippen LogP contribution in [-0.4, -0.2) is 40.0 Å². The molecule has 0 aromatic heterocycles. The van der Waals surface area contributed by atoms with Gasteiger partial charge in [0.2, 0.25) is 0 Å². The first-order valence-corrected chi connectivity index (χ1v) is 5.93. The first-order valence-electron chi connectivity index (χ1n) is 5.93. The summed E-state index contributed by atoms with van der Waals surface area (Å²) >= 11 is 0. The van der Waals surface area contributed by atoms with Crippen LogP contribution in [0.2, 0.25) is 0 Å². The molecule has 0 aliphatic rings. The molecule has 0 bridgehead atoms. The van der Waals surface area contributed by atoms with Gasteiger partial charge in [0, 0.05) is 0 Å². The van der Waals surface area contributed by atoms with Crippen LogP contribution in [0.25, 0.3) is 0 Å². The zero-order valence-corrected chi connectivity index (χ0v) is 11.6. The van der Waals surface area contributed by atoms with E-state index in [0.29, 0.717) is 6.42 Å². The minimum absolute atomic E-state index is 0.138. The summed E-state index contributed by atoms with van der Waals surface area (Å²) in [5.74, 6) is -1.23. The summed E-state index contributed by atoms with van der Waals surface area (Å²) in [6, 6.07) is -0.864. The molecular weight excluding hydrogens is 238 g/mol. The molecule has 0 unspecified atom stereocenters. The van der Waals surface area contributed by atoms with Gasteiger partial charge in [0.1, 0.15) is 5.60 Å². The third kappa shape index (κ3) is 7.11. The molecule has 0 aromatic rings. The van der Waals surface area contributed by atoms with Crippen molar-refractivity contribution in [3.05, 3.63) is 0 Å². The van der Waals surface area contributed by atoms with Crippen molar-refractivity contribution in [1.82, 2.24) is 5.32 Å². The highest BCUT2D eigenvalue weighted by atomic mass is 16.6. The molecule has 3 N–H and O–H groups in total. The second-order valence-corrected chi connectivity index (χ2v) is 5.67. The van der Waals surface area contributed by atoms with E-state index in [4.69, 9.17) is 9.84 Å². The van der Waals surface area contributed by atoms with Crippen LogP contribution in [-0.2, 0) is 9.53 Å². The maximum Gasteiger partial charge on any atom is 0.407 e. The molecule has 6 heteroatoms. The molecule has 0 aliphatic carbocycles. The highest BCUT2D eigenvalue weighted by Gasteiger charge is 2.29. The summed E-state index contributed by atoms with van der Waals surface area (Å²) in [6.07, 6.45) is -2.01. The Morgan fingerprint density at radius 1 is 1.28 bits per heavy atom. The van der Waals surface area contributed by atoms with Crippen molar-refractivity contribution in [2.75, 3.05) is 0 Å². The standard InChI is InChI=1S/C12H23NO5/c1-7(2)6-8(9(14)10(15)16)13-11(17)18-12(3,4)5/h7-9,14H,6H2,1-5H3,(H,13,17)(H,15,16)/t8-,9+/m0/s1. The lowest BCUT2D eigenvalue weighted by atomic mass is 9.99. The first-order chi connectivity index (χ1) is 8.03. The molecule has 6 nitrogen and oxygen atoms in total. The number of rotatable bonds is 5. The topological polar surface area (TPSA) is 95.9 Å². The van der Waals surface area contributed by atoms with Crippen LogP contribution in [0.5, 0.6) is 0 Å². The van der Waals surface area contributed by atoms with E-state index in [0.717, 1.165) is 0 Å². The van der Waals surface area contributed by atoms with E-state index in [9.17, 15) is 14.7 Å². The zero-order valence-electron chi connectivity index (χ0n) is 11.6. The van der Waals surface area contributed by atoms with E-state index in [-0.39, 0.29) is 5.92 Å². The number of hydrogen-bond donors (Lipinski definition) is 3. The lowest BCUT2D eigenvalue weighted by Gasteiger charge is -2.26. The number of carboxylic acid groups (broad SMARTS) is 1. The van der Waals surface area contributed by atoms with E-state index >= 15 is 0 Å². The lowest BCUT2D eigenvalue weighted by molar-refractivity contribution is -0.148. The minimum atomic E-state index is -1.64. The maximum absolute atomic E-state index is 11.5. The molecular formula is C12H23NO5. The van der Waals surface area contributed by atoms with Gasteiger partial charge in [-0.1, -0.05) is 13.8 Å². The Bertz CT molecular complexity index is 295. The molecule has 0 saturated heterocycles. The van der Waals surface area contributed by atoms with E-state index < -0.39 is 29.8 Å². The Hall–Kier alpha value is -1.30. The predicted octanol–water partition coefficient (Wildman–Crippen LogP) is 1.37. The van der Waals surface area contributed by atoms with Crippen molar-refractivity contribution in [2.24, 2.45) is 5.92 Å². The molecule has 0 aromatic carbocycles. The van der Waals surface area contributed by atoms with E-state index in [1.165, 1.54) is 0 Å². The van der Waals surface area contributed by atoms with Gasteiger partial charge < -0.3 is 20.3 Å². The second kappa shape index (κ2) is 6.58. The van der Waals surface area contributed by atoms with E-state index in [2.05, 4.69) is 5.32 Å². The molecule has 18 heavy (non-hydrogen) atoms. The quantitative estimate of drug-likeness (QED) is 0.694. The number of alkyl carbamates (subject to hydrolysis) is 1. The number of nitrogens with one attached hydrogen (secondary N) is 1. The summed E-state index contributed by atoms with van der Waals surface area (Å²) in [5.41, 5.74) is -0.666. The molecule has 2 atom stereocenters. The maximum atomic E-state index is 11.5. The summed E-state index contributed by atoms with van der Waals surface area (Å²) in [4.78, 5) is 22.3. The van der Waals surface area contributed by atoms with E-state index in [1.807, 2.05) is 13.8 Å². The smallest absolute Gasteiger partial charge is 0.407 e. The fourth-order valence-corrected chi connectivity index (χ4v) is 1.41. The fourth-order valence-electron chi connectivity index (χ4n) is 1.41. The van der Waals surface area contributed by atoms with Crippen LogP contribution in [0.15, 0.2) is 0 Å². The van der Waals surface area contributed by atoms with Crippen molar-refractivity contribution in [3.63, 3.8) is 0 Å². The van der Waals surface area contributed by atoms with Crippen LogP contribution in [0.1, 0.15) is 41.0 Å². The number of aliphatic hydroxyl groups is 1. The number of hydrogen-bond acceptors (Lipinski definition) is 4. The summed E-state index contributed by atoms with van der Waals surface area (Å²) in [7, 11) is 0. The number of aliphatic carboxylic acids is 1. The number of amides is 1. The van der Waals surface area contributed by atoms with Crippen molar-refractivity contribution in [1.29, 1.82) is 0 Å². The Morgan fingerprint density at radius 3 is 2.11 bits per heavy atom. The van der Waals surface area contributed by atoms with Gasteiger partial charge in [-0.3, -0.25) is 0 Å². The van der Waals surface area contributed by atoms with Crippen molar-refractivity contribution < 1.29 is 24.5 Å². The summed E-state index contributed by atoms with van der Waals surface area (Å²) in [6.45, 7) is 8.86. The second-order valence-electron chi connectivity index (χ2n) is 5.67. The zero-order chi connectivity index (χ0) is 14.5. The highest BCUT2D eigenvalue weighted by molar-refractivity contribution is 5.75. The Labute approximate surface area is 107 Å². The number of ether oxygens (including phenoxy) is 1. The Kier molecular flexibility index (Phi) is 6.11. The van der Waals surface area contributed by atoms with Crippen molar-refractivity contribution >= 4 is 12.1 Å². The number of carbonyl (C=O) groups excluding carboxylic acids is 1. The monoisotopic (exact) mass is 261 g/mol. The molecule has 0 spiro atoms. The van der Waals surface area contributed by atoms with Gasteiger partial charge in [0.25, 0.3) is 0 Å². The molecule has 0 rings (SSSR count). The molecule has 106 valence electrons. The molecule has 1 amide bonds. The van der Waals surface area contributed by atoms with Gasteiger partial charge >= 0.3 is 12.1 Å². The first kappa shape index (κ1) is 16.7. The number of carboxylic acids is 1. The predicted molar refractivity (Wildman–Crippen MR) is 66.3 cm³/mol. The Balaban J connectivity index is 4.59. The van der Waals surface area contributed by atoms with E-state index in [1.54, 1.807) is 20.8 Å². The average Bonchev–Trinajstić information content (AvgIpc) is 2.11. The fraction of sp³-hybridized carbons (Fsp3) is 0.833. The van der Waals surface area contributed by atoms with Gasteiger partial charge in [-0.05, 0) is 33.1 Å². The van der Waals surface area contributed by atoms with Crippen LogP contribution in [0, 0.1) is 5.92 Å². The summed E-state index contributed by atoms with van der Waals surface area (Å²) < 4.78 is 5.03. The van der Waals surface area contributed by atoms with Crippen molar-refractivity contribution in [3.8, 4) is 0 Å². The average molecular weight is 261 g/mol. The van der Waals surface area contributed by atoms with Crippen LogP contribution >= 0.6 is 0 Å². The third-order valence-corrected chi connectivity index (χ3v) is 2.06. The highest BCUT2D eigenvalue weighted by Crippen LogP contribution is 2.11. The number of carbonyl (C=O) groups is 2. The van der Waals surface area contributed by atoms with Gasteiger partial charge in [-0.2, -0.15) is 0 Å². The van der Waals surface area contributed by atoms with Crippen LogP contribution < -0.4 is 5.32 Å². The summed E-state index contributed by atoms with van der Waals surface area (Å²) in [5, 5.41) is 20.7. The van der Waals surface area contributed by atoms with Gasteiger partial charge in [0.05, 0.1) is 6.04 Å². The molecule has 0 fully saturated rings. The largest absolute Gasteiger partial charge is 0.479 e. The van der Waals surface area contributed by atoms with Crippen molar-refractivity contribution in [2.45, 2.75) is 58.8 Å². The van der Waals surface area contributed by atoms with Gasteiger partial charge in [-0.15, -0.1) is 0 Å². The molecule has 0 aliphatic heterocycles. The molecule has 0 saturated carbocycles. The van der Waals surface area contributed by atoms with Gasteiger partial charge in [0.15, 0.2) is 6.10 Å². The minimum Gasteiger partial charge on any atom is -0.479 e. The SMILES string of the molecule is CC(C)C[C@H](NC(=O)OC(C)(C)C)[C@@H](O)C(=O)O. The lowest BCUT2D eigenvalue weighted by Crippen LogP contribution is -2.49. The van der Waals surface area contributed by atoms with Crippen LogP contribution in [0.3, 0.4) is 0 Å².